The largest absolute Gasteiger partial charge is 0.476 e. The molecule has 0 atom stereocenters. The molecule has 0 saturated carbocycles. The van der Waals surface area contributed by atoms with Gasteiger partial charge in [-0.25, -0.2) is 4.79 Å². The molecule has 0 radical (unpaired) electrons. The first-order chi connectivity index (χ1) is 11.5. The minimum absolute atomic E-state index is 0.0394. The SMILES string of the molecule is O=C(O)c1n[nH]nc1COC1CCN(c2cc(Cl)ccc2Cl)CC1. The predicted molar refractivity (Wildman–Crippen MR) is 89.8 cm³/mol. The summed E-state index contributed by atoms with van der Waals surface area (Å²) in [4.78, 5) is 13.2. The number of aromatic carboxylic acids is 1. The summed E-state index contributed by atoms with van der Waals surface area (Å²) in [6.07, 6.45) is 1.66. The normalized spacial score (nSPS) is 15.7. The molecule has 3 rings (SSSR count). The van der Waals surface area contributed by atoms with Gasteiger partial charge in [-0.1, -0.05) is 23.2 Å². The van der Waals surface area contributed by atoms with E-state index in [9.17, 15) is 4.79 Å². The second kappa shape index (κ2) is 7.38. The highest BCUT2D eigenvalue weighted by Gasteiger charge is 2.23. The molecular formula is C15H16Cl2N4O3. The van der Waals surface area contributed by atoms with Crippen molar-refractivity contribution < 1.29 is 14.6 Å². The third kappa shape index (κ3) is 3.80. The lowest BCUT2D eigenvalue weighted by atomic mass is 10.1. The third-order valence-corrected chi connectivity index (χ3v) is 4.52. The Bertz CT molecular complexity index is 729. The average molecular weight is 371 g/mol. The van der Waals surface area contributed by atoms with Gasteiger partial charge in [0, 0.05) is 18.1 Å². The number of halogens is 2. The quantitative estimate of drug-likeness (QED) is 0.840. The first-order valence-corrected chi connectivity index (χ1v) is 8.24. The van der Waals surface area contributed by atoms with Gasteiger partial charge in [0.2, 0.25) is 0 Å². The van der Waals surface area contributed by atoms with E-state index >= 15 is 0 Å². The van der Waals surface area contributed by atoms with Crippen LogP contribution < -0.4 is 4.90 Å². The van der Waals surface area contributed by atoms with E-state index < -0.39 is 5.97 Å². The molecule has 0 unspecified atom stereocenters. The topological polar surface area (TPSA) is 91.3 Å². The van der Waals surface area contributed by atoms with Crippen molar-refractivity contribution in [1.29, 1.82) is 0 Å². The predicted octanol–water partition coefficient (Wildman–Crippen LogP) is 3.00. The fourth-order valence-electron chi connectivity index (χ4n) is 2.71. The monoisotopic (exact) mass is 370 g/mol. The maximum Gasteiger partial charge on any atom is 0.358 e. The molecule has 2 aromatic rings. The number of H-pyrrole nitrogens is 1. The number of hydrogen-bond donors (Lipinski definition) is 2. The minimum atomic E-state index is -1.12. The Balaban J connectivity index is 1.55. The van der Waals surface area contributed by atoms with E-state index in [0.717, 1.165) is 31.6 Å². The maximum absolute atomic E-state index is 11.0. The lowest BCUT2D eigenvalue weighted by Gasteiger charge is -2.34. The zero-order valence-corrected chi connectivity index (χ0v) is 14.2. The number of hydrogen-bond acceptors (Lipinski definition) is 5. The molecule has 1 saturated heterocycles. The molecule has 128 valence electrons. The summed E-state index contributed by atoms with van der Waals surface area (Å²) in [5.41, 5.74) is 1.13. The number of nitrogens with zero attached hydrogens (tertiary/aromatic N) is 3. The van der Waals surface area contributed by atoms with E-state index in [1.165, 1.54) is 0 Å². The molecule has 9 heteroatoms. The van der Waals surface area contributed by atoms with Crippen molar-refractivity contribution in [3.63, 3.8) is 0 Å². The highest BCUT2D eigenvalue weighted by atomic mass is 35.5. The van der Waals surface area contributed by atoms with Crippen LogP contribution in [0.2, 0.25) is 10.0 Å². The molecule has 0 bridgehead atoms. The van der Waals surface area contributed by atoms with E-state index in [0.29, 0.717) is 15.7 Å². The fourth-order valence-corrected chi connectivity index (χ4v) is 3.12. The summed E-state index contributed by atoms with van der Waals surface area (Å²) in [5.74, 6) is -1.12. The number of carboxylic acids is 1. The number of aromatic nitrogens is 3. The number of piperidine rings is 1. The van der Waals surface area contributed by atoms with Crippen molar-refractivity contribution in [2.45, 2.75) is 25.6 Å². The minimum Gasteiger partial charge on any atom is -0.476 e. The van der Waals surface area contributed by atoms with Gasteiger partial charge >= 0.3 is 5.97 Å². The van der Waals surface area contributed by atoms with Crippen LogP contribution in [0.5, 0.6) is 0 Å². The van der Waals surface area contributed by atoms with Crippen molar-refractivity contribution >= 4 is 34.9 Å². The summed E-state index contributed by atoms with van der Waals surface area (Å²) in [5, 5.41) is 20.0. The Hall–Kier alpha value is -1.83. The molecule has 0 aliphatic carbocycles. The van der Waals surface area contributed by atoms with Crippen LogP contribution in [0.15, 0.2) is 18.2 Å². The highest BCUT2D eigenvalue weighted by molar-refractivity contribution is 6.35. The Kier molecular flexibility index (Phi) is 5.23. The van der Waals surface area contributed by atoms with Gasteiger partial charge in [0.25, 0.3) is 0 Å². The van der Waals surface area contributed by atoms with Gasteiger partial charge in [0.1, 0.15) is 5.69 Å². The van der Waals surface area contributed by atoms with Gasteiger partial charge in [-0.3, -0.25) is 0 Å². The van der Waals surface area contributed by atoms with Gasteiger partial charge in [-0.2, -0.15) is 10.3 Å². The van der Waals surface area contributed by atoms with E-state index in [-0.39, 0.29) is 18.4 Å². The molecule has 1 aliphatic rings. The fraction of sp³-hybridized carbons (Fsp3) is 0.400. The maximum atomic E-state index is 11.0. The first-order valence-electron chi connectivity index (χ1n) is 7.49. The Morgan fingerprint density at radius 2 is 2.08 bits per heavy atom. The molecule has 1 aromatic heterocycles. The van der Waals surface area contributed by atoms with Crippen LogP contribution in [0, 0.1) is 0 Å². The van der Waals surface area contributed by atoms with E-state index in [1.54, 1.807) is 12.1 Å². The summed E-state index contributed by atoms with van der Waals surface area (Å²) in [6, 6.07) is 5.42. The van der Waals surface area contributed by atoms with Crippen LogP contribution >= 0.6 is 23.2 Å². The van der Waals surface area contributed by atoms with Crippen molar-refractivity contribution in [3.05, 3.63) is 39.6 Å². The lowest BCUT2D eigenvalue weighted by Crippen LogP contribution is -2.37. The van der Waals surface area contributed by atoms with Gasteiger partial charge in [0.15, 0.2) is 5.69 Å². The van der Waals surface area contributed by atoms with Crippen molar-refractivity contribution in [2.75, 3.05) is 18.0 Å². The van der Waals surface area contributed by atoms with Crippen LogP contribution in [-0.4, -0.2) is 45.7 Å². The summed E-state index contributed by atoms with van der Waals surface area (Å²) in [6.45, 7) is 1.70. The number of aromatic amines is 1. The molecule has 1 fully saturated rings. The zero-order valence-electron chi connectivity index (χ0n) is 12.7. The first kappa shape index (κ1) is 17.0. The second-order valence-corrected chi connectivity index (χ2v) is 6.36. The van der Waals surface area contributed by atoms with Crippen LogP contribution in [-0.2, 0) is 11.3 Å². The number of nitrogens with one attached hydrogen (secondary N) is 1. The molecule has 0 spiro atoms. The zero-order chi connectivity index (χ0) is 17.1. The lowest BCUT2D eigenvalue weighted by molar-refractivity contribution is 0.0226. The average Bonchev–Trinajstić information content (AvgIpc) is 3.04. The number of rotatable bonds is 5. The van der Waals surface area contributed by atoms with Crippen molar-refractivity contribution in [2.24, 2.45) is 0 Å². The van der Waals surface area contributed by atoms with Crippen molar-refractivity contribution in [3.8, 4) is 0 Å². The molecular weight excluding hydrogens is 355 g/mol. The summed E-state index contributed by atoms with van der Waals surface area (Å²) >= 11 is 12.3. The molecule has 2 heterocycles. The molecule has 24 heavy (non-hydrogen) atoms. The summed E-state index contributed by atoms with van der Waals surface area (Å²) < 4.78 is 5.78. The Labute approximate surface area is 148 Å². The Morgan fingerprint density at radius 3 is 2.79 bits per heavy atom. The van der Waals surface area contributed by atoms with E-state index in [2.05, 4.69) is 20.3 Å². The number of carbonyl (C=O) groups is 1. The van der Waals surface area contributed by atoms with Crippen LogP contribution in [0.1, 0.15) is 29.0 Å². The molecule has 1 aliphatic heterocycles. The molecule has 0 amide bonds. The van der Waals surface area contributed by atoms with Gasteiger partial charge in [0.05, 0.1) is 23.4 Å². The smallest absolute Gasteiger partial charge is 0.358 e. The number of anilines is 1. The van der Waals surface area contributed by atoms with E-state index in [4.69, 9.17) is 33.0 Å². The highest BCUT2D eigenvalue weighted by Crippen LogP contribution is 2.31. The van der Waals surface area contributed by atoms with Crippen LogP contribution in [0.4, 0.5) is 5.69 Å². The van der Waals surface area contributed by atoms with Crippen molar-refractivity contribution in [1.82, 2.24) is 15.4 Å². The standard InChI is InChI=1S/C15H16Cl2N4O3/c16-9-1-2-11(17)13(7-9)21-5-3-10(4-6-21)24-8-12-14(15(22)23)19-20-18-12/h1-2,7,10H,3-6,8H2,(H,22,23)(H,18,19,20). The van der Waals surface area contributed by atoms with E-state index in [1.807, 2.05) is 6.07 Å². The van der Waals surface area contributed by atoms with Crippen LogP contribution in [0.3, 0.4) is 0 Å². The second-order valence-electron chi connectivity index (χ2n) is 5.52. The number of benzene rings is 1. The molecule has 7 nitrogen and oxygen atoms in total. The molecule has 1 aromatic carbocycles. The third-order valence-electron chi connectivity index (χ3n) is 3.97. The van der Waals surface area contributed by atoms with Gasteiger partial charge in [-0.05, 0) is 31.0 Å². The number of carboxylic acid groups (broad SMARTS) is 1. The van der Waals surface area contributed by atoms with Crippen LogP contribution in [0.25, 0.3) is 0 Å². The van der Waals surface area contributed by atoms with Gasteiger partial charge < -0.3 is 14.7 Å². The number of ether oxygens (including phenoxy) is 1. The molecule has 2 N–H and O–H groups in total. The van der Waals surface area contributed by atoms with Gasteiger partial charge in [-0.15, -0.1) is 5.10 Å². The Morgan fingerprint density at radius 1 is 1.33 bits per heavy atom. The summed E-state index contributed by atoms with van der Waals surface area (Å²) in [7, 11) is 0.